The first-order chi connectivity index (χ1) is 29.8. The lowest BCUT2D eigenvalue weighted by Gasteiger charge is -2.38. The van der Waals surface area contributed by atoms with E-state index >= 15 is 0 Å². The zero-order chi connectivity index (χ0) is 46.1. The molecule has 0 unspecified atom stereocenters. The molecule has 9 atom stereocenters. The van der Waals surface area contributed by atoms with E-state index in [0.717, 1.165) is 13.1 Å². The number of hydrogen-bond acceptors (Lipinski definition) is 15. The molecule has 16 nitrogen and oxygen atoms in total. The number of hydrogen-bond donors (Lipinski definition) is 6. The summed E-state index contributed by atoms with van der Waals surface area (Å²) in [6.45, 7) is 15.4. The van der Waals surface area contributed by atoms with E-state index in [1.165, 1.54) is 85.1 Å². The molecule has 2 aromatic rings. The molecule has 63 heavy (non-hydrogen) atoms. The Morgan fingerprint density at radius 3 is 2.22 bits per heavy atom. The summed E-state index contributed by atoms with van der Waals surface area (Å²) in [5, 5.41) is 67.6. The van der Waals surface area contributed by atoms with Gasteiger partial charge in [-0.15, -0.1) is 0 Å². The van der Waals surface area contributed by atoms with Gasteiger partial charge >= 0.3 is 11.8 Å². The van der Waals surface area contributed by atoms with Gasteiger partial charge in [0.1, 0.15) is 23.4 Å². The summed E-state index contributed by atoms with van der Waals surface area (Å²) in [6.07, 6.45) is 9.75. The molecule has 6 N–H and O–H groups in total. The molecule has 4 heterocycles. The van der Waals surface area contributed by atoms with E-state index in [9.17, 15) is 39.9 Å². The number of ether oxygens (including phenoxy) is 4. The highest BCUT2D eigenvalue weighted by Crippen LogP contribution is 2.55. The van der Waals surface area contributed by atoms with Crippen molar-refractivity contribution in [3.63, 3.8) is 0 Å². The molecule has 4 aliphatic heterocycles. The highest BCUT2D eigenvalue weighted by Gasteiger charge is 2.50. The van der Waals surface area contributed by atoms with Crippen LogP contribution in [-0.2, 0) is 23.8 Å². The minimum atomic E-state index is -2.04. The number of aromatic hydroxyl groups is 3. The molecule has 1 saturated heterocycles. The Morgan fingerprint density at radius 1 is 0.921 bits per heavy atom. The molecule has 5 bridgehead atoms. The molecule has 0 aromatic heterocycles. The number of allylic oxidation sites excluding steroid dienone is 2. The number of aliphatic hydroxyl groups is 2. The average molecular weight is 877 g/mol. The zero-order valence-corrected chi connectivity index (χ0v) is 37.8. The lowest BCUT2D eigenvalue weighted by Crippen LogP contribution is -2.47. The van der Waals surface area contributed by atoms with Crippen molar-refractivity contribution in [1.29, 1.82) is 0 Å². The largest absolute Gasteiger partial charge is 0.507 e. The van der Waals surface area contributed by atoms with Crippen LogP contribution in [0.3, 0.4) is 0 Å². The van der Waals surface area contributed by atoms with Crippen LogP contribution in [0.15, 0.2) is 41.2 Å². The molecule has 2 aromatic carbocycles. The number of hydrazone groups is 1. The molecule has 0 radical (unpaired) electrons. The molecule has 1 amide bonds. The van der Waals surface area contributed by atoms with Crippen LogP contribution in [0, 0.1) is 30.6 Å². The summed E-state index contributed by atoms with van der Waals surface area (Å²) in [7, 11) is 1.44. The van der Waals surface area contributed by atoms with Gasteiger partial charge in [0.2, 0.25) is 0 Å². The Kier molecular flexibility index (Phi) is 14.5. The van der Waals surface area contributed by atoms with E-state index in [0.29, 0.717) is 19.1 Å². The zero-order valence-electron chi connectivity index (χ0n) is 37.8. The van der Waals surface area contributed by atoms with Crippen LogP contribution in [0.1, 0.15) is 95.6 Å². The smallest absolute Gasteiger partial charge is 0.312 e. The Morgan fingerprint density at radius 2 is 1.59 bits per heavy atom. The molecule has 344 valence electrons. The number of anilines is 1. The van der Waals surface area contributed by atoms with Crippen LogP contribution in [0.25, 0.3) is 10.8 Å². The normalized spacial score (nSPS) is 32.4. The lowest BCUT2D eigenvalue weighted by molar-refractivity contribution is -0.160. The second-order valence-corrected chi connectivity index (χ2v) is 17.8. The average Bonchev–Trinajstić information content (AvgIpc) is 3.89. The van der Waals surface area contributed by atoms with E-state index in [2.05, 4.69) is 15.3 Å². The molecular weight excluding hydrogens is 813 g/mol. The van der Waals surface area contributed by atoms with E-state index in [1.807, 2.05) is 5.01 Å². The van der Waals surface area contributed by atoms with Crippen LogP contribution in [0.4, 0.5) is 5.69 Å². The predicted octanol–water partition coefficient (Wildman–Crippen LogP) is 5.65. The molecule has 16 heteroatoms. The van der Waals surface area contributed by atoms with Gasteiger partial charge in [0.25, 0.3) is 11.7 Å². The van der Waals surface area contributed by atoms with Gasteiger partial charge in [-0.3, -0.25) is 24.3 Å². The monoisotopic (exact) mass is 876 g/mol. The van der Waals surface area contributed by atoms with Crippen molar-refractivity contribution in [3.8, 4) is 23.0 Å². The summed E-state index contributed by atoms with van der Waals surface area (Å²) in [5.74, 6) is -8.28. The summed E-state index contributed by atoms with van der Waals surface area (Å²) in [4.78, 5) is 43.2. The van der Waals surface area contributed by atoms with Gasteiger partial charge in [0, 0.05) is 93.4 Å². The maximum absolute atomic E-state index is 14.5. The highest BCUT2D eigenvalue weighted by molar-refractivity contribution is 6.23. The molecular formula is C47H64N4O12. The van der Waals surface area contributed by atoms with E-state index < -0.39 is 88.8 Å². The van der Waals surface area contributed by atoms with Crippen molar-refractivity contribution in [2.75, 3.05) is 38.6 Å². The molecule has 2 fully saturated rings. The van der Waals surface area contributed by atoms with Gasteiger partial charge in [-0.25, -0.2) is 0 Å². The van der Waals surface area contributed by atoms with Crippen molar-refractivity contribution in [3.05, 3.63) is 52.8 Å². The topological polar surface area (TPSA) is 220 Å². The maximum Gasteiger partial charge on any atom is 0.312 e. The standard InChI is InChI=1S/C47H64N4O12/c1-24-13-12-14-25(2)46(59)49-37-32(23-48-51-20-18-50(19-21-51)31-15-10-11-16-31)41(56)34-35(42(37)57)40(55)29(6)44-36(34)45(58)47(8,63-44)61-22-17-33(60-9)26(3)43(62-30(7)52)28(5)39(54)27(4)38(24)53/h12-14,17,22-24,26-28,31,33,38-39,43,53-57H,10-11,15-16,18-21H2,1-9H3,(H,49,59)/b13-12-,22-17-,25-14-,48-23?/t24-,26-,27-,28-,33+,38-,39-,43-,47-/m0/s1. The minimum absolute atomic E-state index is 0.0631. The van der Waals surface area contributed by atoms with Crippen LogP contribution in [-0.4, -0.2) is 129 Å². The minimum Gasteiger partial charge on any atom is -0.507 e. The molecule has 1 aliphatic carbocycles. The quantitative estimate of drug-likeness (QED) is 0.0926. The molecule has 7 rings (SSSR count). The second kappa shape index (κ2) is 19.3. The number of nitrogens with zero attached hydrogens (tertiary/aromatic N) is 3. The lowest BCUT2D eigenvalue weighted by atomic mass is 9.78. The second-order valence-electron chi connectivity index (χ2n) is 17.8. The third-order valence-electron chi connectivity index (χ3n) is 13.5. The third-order valence-corrected chi connectivity index (χ3v) is 13.5. The van der Waals surface area contributed by atoms with Crippen molar-refractivity contribution in [2.45, 2.75) is 117 Å². The van der Waals surface area contributed by atoms with Gasteiger partial charge in [-0.05, 0) is 32.8 Å². The van der Waals surface area contributed by atoms with Crippen molar-refractivity contribution in [1.82, 2.24) is 9.91 Å². The fourth-order valence-electron chi connectivity index (χ4n) is 9.47. The maximum atomic E-state index is 14.5. The highest BCUT2D eigenvalue weighted by atomic mass is 16.7. The number of amides is 1. The van der Waals surface area contributed by atoms with Crippen LogP contribution in [0.2, 0.25) is 0 Å². The van der Waals surface area contributed by atoms with Crippen LogP contribution < -0.4 is 10.1 Å². The third kappa shape index (κ3) is 9.40. The van der Waals surface area contributed by atoms with Crippen molar-refractivity contribution < 1.29 is 58.9 Å². The number of aliphatic hydroxyl groups excluding tert-OH is 2. The van der Waals surface area contributed by atoms with Crippen LogP contribution >= 0.6 is 0 Å². The Hall–Kier alpha value is -5.16. The number of carbonyl (C=O) groups excluding carboxylic acids is 3. The van der Waals surface area contributed by atoms with E-state index in [1.54, 1.807) is 39.8 Å². The Balaban J connectivity index is 1.47. The Bertz CT molecular complexity index is 2190. The summed E-state index contributed by atoms with van der Waals surface area (Å²) >= 11 is 0. The van der Waals surface area contributed by atoms with E-state index in [4.69, 9.17) is 18.9 Å². The predicted molar refractivity (Wildman–Crippen MR) is 237 cm³/mol. The van der Waals surface area contributed by atoms with Gasteiger partial charge in [-0.1, -0.05) is 58.8 Å². The van der Waals surface area contributed by atoms with Gasteiger partial charge in [-0.2, -0.15) is 5.10 Å². The first-order valence-electron chi connectivity index (χ1n) is 21.9. The summed E-state index contributed by atoms with van der Waals surface area (Å²) in [6, 6.07) is 0.553. The number of nitrogens with one attached hydrogen (secondary N) is 1. The number of esters is 1. The first-order valence-corrected chi connectivity index (χ1v) is 21.9. The number of piperazine rings is 1. The number of phenols is 3. The number of phenolic OH excluding ortho intramolecular Hbond substituents is 3. The number of fused-ring (bicyclic) bond motifs is 14. The molecule has 5 aliphatic rings. The van der Waals surface area contributed by atoms with Gasteiger partial charge in [0.05, 0.1) is 53.0 Å². The number of methoxy groups -OCH3 is 1. The number of ketones is 1. The molecule has 0 spiro atoms. The Labute approximate surface area is 368 Å². The van der Waals surface area contributed by atoms with E-state index in [-0.39, 0.29) is 44.5 Å². The number of Topliss-reactive ketones (excluding diaryl/α,β-unsaturated/α-hetero) is 1. The number of carbonyl (C=O) groups is 3. The number of benzene rings is 2. The fraction of sp³-hybridized carbons (Fsp3) is 0.574. The first kappa shape index (κ1) is 47.3. The van der Waals surface area contributed by atoms with Crippen molar-refractivity contribution >= 4 is 40.3 Å². The number of rotatable bonds is 5. The van der Waals surface area contributed by atoms with Gasteiger partial charge < -0.3 is 49.8 Å². The van der Waals surface area contributed by atoms with Gasteiger partial charge in [0.15, 0.2) is 5.75 Å². The molecule has 1 saturated carbocycles. The van der Waals surface area contributed by atoms with Crippen molar-refractivity contribution in [2.24, 2.45) is 28.8 Å². The summed E-state index contributed by atoms with van der Waals surface area (Å²) in [5.41, 5.74) is -0.293. The fourth-order valence-corrected chi connectivity index (χ4v) is 9.47. The van der Waals surface area contributed by atoms with Crippen LogP contribution in [0.5, 0.6) is 23.0 Å². The SMILES string of the molecule is CO[C@@H]1/C=C\O[C@@]2(C)Oc3c(C)c(O)c4c(O)c(c(C=NN5CCN(C6CCCC6)CC5)c(O)c4c3C2=O)NC(=O)/C(C)=C\C=C/[C@H](C)[C@H](O)[C@H](C)[C@H](O)[C@H](C)[C@@H](OC(C)=O)[C@H]1C. The summed E-state index contributed by atoms with van der Waals surface area (Å²) < 4.78 is 23.7.